The summed E-state index contributed by atoms with van der Waals surface area (Å²) in [5.74, 6) is -2.17. The van der Waals surface area contributed by atoms with Crippen LogP contribution in [0.15, 0.2) is 53.4 Å². The monoisotopic (exact) mass is 327 g/mol. The second kappa shape index (κ2) is 6.24. The van der Waals surface area contributed by atoms with Crippen LogP contribution in [0.1, 0.15) is 0 Å². The van der Waals surface area contributed by atoms with Crippen molar-refractivity contribution in [1.82, 2.24) is 0 Å². The lowest BCUT2D eigenvalue weighted by atomic mass is 10.3. The highest BCUT2D eigenvalue weighted by molar-refractivity contribution is 7.92. The molecule has 21 heavy (non-hydrogen) atoms. The van der Waals surface area contributed by atoms with Crippen molar-refractivity contribution in [2.45, 2.75) is 4.90 Å². The van der Waals surface area contributed by atoms with E-state index in [1.807, 2.05) is 0 Å². The van der Waals surface area contributed by atoms with Gasteiger partial charge in [0.05, 0.1) is 4.90 Å². The van der Waals surface area contributed by atoms with Crippen molar-refractivity contribution in [3.8, 4) is 0 Å². The van der Waals surface area contributed by atoms with Gasteiger partial charge in [0.25, 0.3) is 0 Å². The van der Waals surface area contributed by atoms with E-state index in [2.05, 4.69) is 5.32 Å². The minimum atomic E-state index is -3.90. The zero-order valence-corrected chi connectivity index (χ0v) is 12.3. The third kappa shape index (κ3) is 4.27. The maximum atomic E-state index is 13.0. The molecular weight excluding hydrogens is 317 g/mol. The van der Waals surface area contributed by atoms with E-state index in [1.54, 1.807) is 18.2 Å². The fraction of sp³-hybridized carbons (Fsp3) is 0.0714. The number of hydrogen-bond acceptors (Lipinski definition) is 3. The molecule has 2 aromatic carbocycles. The molecule has 0 spiro atoms. The first-order valence-corrected chi connectivity index (χ1v) is 7.93. The van der Waals surface area contributed by atoms with Gasteiger partial charge in [-0.15, -0.1) is 0 Å². The first-order chi connectivity index (χ1) is 9.87. The normalized spacial score (nSPS) is 11.1. The van der Waals surface area contributed by atoms with E-state index in [-0.39, 0.29) is 4.90 Å². The van der Waals surface area contributed by atoms with Crippen LogP contribution in [0.3, 0.4) is 0 Å². The Hall–Kier alpha value is -1.92. The lowest BCUT2D eigenvalue weighted by molar-refractivity contribution is -0.113. The third-order valence-electron chi connectivity index (χ3n) is 2.58. The zero-order valence-electron chi connectivity index (χ0n) is 10.7. The summed E-state index contributed by atoms with van der Waals surface area (Å²) in [6.07, 6.45) is 0. The van der Waals surface area contributed by atoms with Crippen molar-refractivity contribution in [3.05, 3.63) is 59.4 Å². The number of hydrogen-bond donors (Lipinski definition) is 1. The van der Waals surface area contributed by atoms with E-state index >= 15 is 0 Å². The molecule has 2 aromatic rings. The smallest absolute Gasteiger partial charge is 0.239 e. The summed E-state index contributed by atoms with van der Waals surface area (Å²) in [7, 11) is -3.90. The van der Waals surface area contributed by atoms with E-state index in [0.717, 1.165) is 12.1 Å². The molecule has 0 aliphatic carbocycles. The summed E-state index contributed by atoms with van der Waals surface area (Å²) >= 11 is 5.76. The molecular formula is C14H11ClFNO3S. The lowest BCUT2D eigenvalue weighted by Gasteiger charge is -2.07. The molecule has 0 aliphatic heterocycles. The van der Waals surface area contributed by atoms with Crippen molar-refractivity contribution in [3.63, 3.8) is 0 Å². The summed E-state index contributed by atoms with van der Waals surface area (Å²) in [6.45, 7) is 0. The molecule has 0 saturated carbocycles. The van der Waals surface area contributed by atoms with Crippen LogP contribution >= 0.6 is 11.6 Å². The molecule has 0 bridgehead atoms. The molecule has 4 nitrogen and oxygen atoms in total. The van der Waals surface area contributed by atoms with E-state index in [4.69, 9.17) is 11.6 Å². The predicted octanol–water partition coefficient (Wildman–Crippen LogP) is 2.89. The Morgan fingerprint density at radius 3 is 2.52 bits per heavy atom. The van der Waals surface area contributed by atoms with Crippen LogP contribution in [-0.2, 0) is 14.6 Å². The second-order valence-electron chi connectivity index (χ2n) is 4.27. The Morgan fingerprint density at radius 2 is 1.86 bits per heavy atom. The van der Waals surface area contributed by atoms with Crippen molar-refractivity contribution in [2.24, 2.45) is 0 Å². The summed E-state index contributed by atoms with van der Waals surface area (Å²) in [4.78, 5) is 11.5. The SMILES string of the molecule is O=C(CS(=O)(=O)c1cccc(F)c1)Nc1cccc(Cl)c1. The first-order valence-electron chi connectivity index (χ1n) is 5.90. The van der Waals surface area contributed by atoms with Gasteiger partial charge in [0.1, 0.15) is 11.6 Å². The molecule has 0 unspecified atom stereocenters. The topological polar surface area (TPSA) is 63.2 Å². The van der Waals surface area contributed by atoms with Crippen LogP contribution in [0.25, 0.3) is 0 Å². The summed E-state index contributed by atoms with van der Waals surface area (Å²) in [6, 6.07) is 10.8. The predicted molar refractivity (Wildman–Crippen MR) is 78.5 cm³/mol. The second-order valence-corrected chi connectivity index (χ2v) is 6.70. The van der Waals surface area contributed by atoms with Crippen LogP contribution in [0.4, 0.5) is 10.1 Å². The van der Waals surface area contributed by atoms with Gasteiger partial charge in [0, 0.05) is 10.7 Å². The molecule has 0 atom stereocenters. The van der Waals surface area contributed by atoms with Gasteiger partial charge in [-0.1, -0.05) is 23.7 Å². The fourth-order valence-corrected chi connectivity index (χ4v) is 3.03. The number of amides is 1. The maximum absolute atomic E-state index is 13.0. The van der Waals surface area contributed by atoms with Gasteiger partial charge in [0.2, 0.25) is 5.91 Å². The Labute approximate surface area is 126 Å². The molecule has 0 radical (unpaired) electrons. The number of carbonyl (C=O) groups excluding carboxylic acids is 1. The summed E-state index contributed by atoms with van der Waals surface area (Å²) in [5.41, 5.74) is 0.391. The van der Waals surface area contributed by atoms with Gasteiger partial charge in [-0.05, 0) is 36.4 Å². The van der Waals surface area contributed by atoms with Crippen molar-refractivity contribution in [1.29, 1.82) is 0 Å². The highest BCUT2D eigenvalue weighted by Crippen LogP contribution is 2.16. The molecule has 2 rings (SSSR count). The number of halogens is 2. The Bertz CT molecular complexity index is 777. The Kier molecular flexibility index (Phi) is 4.59. The van der Waals surface area contributed by atoms with E-state index in [0.29, 0.717) is 10.7 Å². The molecule has 1 amide bonds. The van der Waals surface area contributed by atoms with Crippen molar-refractivity contribution >= 4 is 33.0 Å². The van der Waals surface area contributed by atoms with Gasteiger partial charge in [-0.25, -0.2) is 12.8 Å². The van der Waals surface area contributed by atoms with Gasteiger partial charge in [-0.2, -0.15) is 0 Å². The largest absolute Gasteiger partial charge is 0.325 e. The van der Waals surface area contributed by atoms with Crippen LogP contribution in [0.2, 0.25) is 5.02 Å². The quantitative estimate of drug-likeness (QED) is 0.939. The van der Waals surface area contributed by atoms with Gasteiger partial charge in [0.15, 0.2) is 9.84 Å². The van der Waals surface area contributed by atoms with Gasteiger partial charge < -0.3 is 5.32 Å². The average molecular weight is 328 g/mol. The zero-order chi connectivity index (χ0) is 15.5. The van der Waals surface area contributed by atoms with Crippen molar-refractivity contribution in [2.75, 3.05) is 11.1 Å². The van der Waals surface area contributed by atoms with Gasteiger partial charge in [-0.3, -0.25) is 4.79 Å². The number of benzene rings is 2. The highest BCUT2D eigenvalue weighted by Gasteiger charge is 2.20. The van der Waals surface area contributed by atoms with Crippen molar-refractivity contribution < 1.29 is 17.6 Å². The maximum Gasteiger partial charge on any atom is 0.239 e. The molecule has 7 heteroatoms. The number of sulfone groups is 1. The molecule has 0 aliphatic rings. The number of rotatable bonds is 4. The highest BCUT2D eigenvalue weighted by atomic mass is 35.5. The fourth-order valence-electron chi connectivity index (χ4n) is 1.68. The third-order valence-corrected chi connectivity index (χ3v) is 4.43. The van der Waals surface area contributed by atoms with Crippen LogP contribution in [0, 0.1) is 5.82 Å². The van der Waals surface area contributed by atoms with E-state index < -0.39 is 27.3 Å². The molecule has 0 aromatic heterocycles. The molecule has 110 valence electrons. The van der Waals surface area contributed by atoms with Gasteiger partial charge >= 0.3 is 0 Å². The minimum Gasteiger partial charge on any atom is -0.325 e. The number of nitrogens with one attached hydrogen (secondary N) is 1. The Balaban J connectivity index is 2.12. The van der Waals surface area contributed by atoms with E-state index in [1.165, 1.54) is 18.2 Å². The Morgan fingerprint density at radius 1 is 1.14 bits per heavy atom. The molecule has 0 saturated heterocycles. The molecule has 0 heterocycles. The van der Waals surface area contributed by atoms with Crippen LogP contribution < -0.4 is 5.32 Å². The minimum absolute atomic E-state index is 0.233. The first kappa shape index (κ1) is 15.5. The summed E-state index contributed by atoms with van der Waals surface area (Å²) in [5, 5.41) is 2.84. The van der Waals surface area contributed by atoms with Crippen LogP contribution in [0.5, 0.6) is 0 Å². The average Bonchev–Trinajstić information content (AvgIpc) is 2.37. The number of carbonyl (C=O) groups is 1. The molecule has 0 fully saturated rings. The number of anilines is 1. The molecule has 1 N–H and O–H groups in total. The standard InChI is InChI=1S/C14H11ClFNO3S/c15-10-3-1-5-12(7-10)17-14(18)9-21(19,20)13-6-2-4-11(16)8-13/h1-8H,9H2,(H,17,18). The lowest BCUT2D eigenvalue weighted by Crippen LogP contribution is -2.23. The van der Waals surface area contributed by atoms with Crippen LogP contribution in [-0.4, -0.2) is 20.1 Å². The summed E-state index contributed by atoms with van der Waals surface area (Å²) < 4.78 is 37.0. The van der Waals surface area contributed by atoms with E-state index in [9.17, 15) is 17.6 Å².